The van der Waals surface area contributed by atoms with Gasteiger partial charge in [0.25, 0.3) is 5.91 Å². The van der Waals surface area contributed by atoms with Crippen molar-refractivity contribution < 1.29 is 18.0 Å². The average molecular weight is 381 g/mol. The molecular formula is C18H27N3O4S. The van der Waals surface area contributed by atoms with Crippen molar-refractivity contribution in [2.75, 3.05) is 33.2 Å². The van der Waals surface area contributed by atoms with E-state index in [4.69, 9.17) is 0 Å². The third kappa shape index (κ3) is 5.04. The summed E-state index contributed by atoms with van der Waals surface area (Å²) in [7, 11) is -2.07. The number of benzene rings is 1. The Bertz CT molecular complexity index is 743. The van der Waals surface area contributed by atoms with Crippen LogP contribution in [0.25, 0.3) is 0 Å². The quantitative estimate of drug-likeness (QED) is 0.775. The van der Waals surface area contributed by atoms with Crippen LogP contribution in [-0.4, -0.2) is 62.7 Å². The molecular weight excluding hydrogens is 354 g/mol. The van der Waals surface area contributed by atoms with Gasteiger partial charge in [0, 0.05) is 32.2 Å². The van der Waals surface area contributed by atoms with Crippen molar-refractivity contribution in [2.24, 2.45) is 0 Å². The number of hydrogen-bond donors (Lipinski definition) is 1. The molecule has 1 aliphatic rings. The van der Waals surface area contributed by atoms with Gasteiger partial charge in [-0.15, -0.1) is 0 Å². The van der Waals surface area contributed by atoms with E-state index in [-0.39, 0.29) is 28.8 Å². The molecule has 1 aliphatic heterocycles. The number of nitrogens with zero attached hydrogens (tertiary/aromatic N) is 2. The van der Waals surface area contributed by atoms with Crippen LogP contribution in [-0.2, 0) is 14.8 Å². The molecule has 1 fully saturated rings. The Morgan fingerprint density at radius 2 is 1.88 bits per heavy atom. The van der Waals surface area contributed by atoms with Gasteiger partial charge < -0.3 is 10.2 Å². The first-order valence-electron chi connectivity index (χ1n) is 8.98. The van der Waals surface area contributed by atoms with Crippen molar-refractivity contribution >= 4 is 21.8 Å². The molecule has 0 spiro atoms. The molecule has 144 valence electrons. The van der Waals surface area contributed by atoms with Gasteiger partial charge in [0.15, 0.2) is 0 Å². The molecule has 1 aromatic carbocycles. The van der Waals surface area contributed by atoms with Gasteiger partial charge in [0.1, 0.15) is 0 Å². The Labute approximate surface area is 155 Å². The number of piperidine rings is 1. The van der Waals surface area contributed by atoms with Crippen LogP contribution in [0.1, 0.15) is 43.0 Å². The van der Waals surface area contributed by atoms with Crippen LogP contribution in [0, 0.1) is 0 Å². The van der Waals surface area contributed by atoms with E-state index in [1.807, 2.05) is 6.92 Å². The lowest BCUT2D eigenvalue weighted by Gasteiger charge is -2.26. The van der Waals surface area contributed by atoms with Crippen molar-refractivity contribution in [3.05, 3.63) is 29.8 Å². The zero-order valence-electron chi connectivity index (χ0n) is 15.4. The van der Waals surface area contributed by atoms with Gasteiger partial charge in [-0.25, -0.2) is 8.42 Å². The van der Waals surface area contributed by atoms with Gasteiger partial charge in [-0.3, -0.25) is 9.59 Å². The molecule has 26 heavy (non-hydrogen) atoms. The molecule has 7 nitrogen and oxygen atoms in total. The summed E-state index contributed by atoms with van der Waals surface area (Å²) >= 11 is 0. The van der Waals surface area contributed by atoms with Crippen molar-refractivity contribution in [1.29, 1.82) is 0 Å². The molecule has 2 rings (SSSR count). The zero-order valence-corrected chi connectivity index (χ0v) is 16.2. The van der Waals surface area contributed by atoms with Crippen LogP contribution in [0.3, 0.4) is 0 Å². The number of amides is 2. The second-order valence-electron chi connectivity index (χ2n) is 6.50. The summed E-state index contributed by atoms with van der Waals surface area (Å²) in [5.41, 5.74) is 0.258. The largest absolute Gasteiger partial charge is 0.355 e. The fraction of sp³-hybridized carbons (Fsp3) is 0.556. The van der Waals surface area contributed by atoms with E-state index >= 15 is 0 Å². The second-order valence-corrected chi connectivity index (χ2v) is 8.44. The van der Waals surface area contributed by atoms with Crippen LogP contribution in [0.15, 0.2) is 29.2 Å². The van der Waals surface area contributed by atoms with Crippen LogP contribution in [0.4, 0.5) is 0 Å². The number of hydrogen-bond acceptors (Lipinski definition) is 4. The fourth-order valence-corrected chi connectivity index (χ4v) is 4.44. The predicted molar refractivity (Wildman–Crippen MR) is 99.3 cm³/mol. The van der Waals surface area contributed by atoms with Crippen molar-refractivity contribution in [3.8, 4) is 0 Å². The smallest absolute Gasteiger partial charge is 0.254 e. The fourth-order valence-electron chi connectivity index (χ4n) is 2.87. The molecule has 0 radical (unpaired) electrons. The van der Waals surface area contributed by atoms with E-state index < -0.39 is 10.0 Å². The monoisotopic (exact) mass is 381 g/mol. The van der Waals surface area contributed by atoms with E-state index in [1.54, 1.807) is 12.1 Å². The second kappa shape index (κ2) is 9.14. The minimum absolute atomic E-state index is 0.0675. The standard InChI is InChI=1S/C18H27N3O4S/c1-3-10-19-17(22)14-20(2)18(23)15-8-7-9-16(13-15)26(24,25)21-11-5-4-6-12-21/h7-9,13H,3-6,10-12,14H2,1-2H3,(H,19,22). The van der Waals surface area contributed by atoms with Gasteiger partial charge >= 0.3 is 0 Å². The molecule has 1 heterocycles. The van der Waals surface area contributed by atoms with Crippen LogP contribution < -0.4 is 5.32 Å². The summed E-state index contributed by atoms with van der Waals surface area (Å²) in [6.07, 6.45) is 3.57. The number of sulfonamides is 1. The number of nitrogens with one attached hydrogen (secondary N) is 1. The van der Waals surface area contributed by atoms with Gasteiger partial charge in [-0.05, 0) is 37.5 Å². The number of rotatable bonds is 7. The predicted octanol–water partition coefficient (Wildman–Crippen LogP) is 1.46. The summed E-state index contributed by atoms with van der Waals surface area (Å²) in [5, 5.41) is 2.71. The Morgan fingerprint density at radius 1 is 1.19 bits per heavy atom. The van der Waals surface area contributed by atoms with Gasteiger partial charge in [-0.2, -0.15) is 4.31 Å². The lowest BCUT2D eigenvalue weighted by Crippen LogP contribution is -2.38. The van der Waals surface area contributed by atoms with Crippen molar-refractivity contribution in [3.63, 3.8) is 0 Å². The first-order chi connectivity index (χ1) is 12.4. The van der Waals surface area contributed by atoms with Gasteiger partial charge in [0.05, 0.1) is 11.4 Å². The Morgan fingerprint density at radius 3 is 2.54 bits per heavy atom. The highest BCUT2D eigenvalue weighted by molar-refractivity contribution is 7.89. The Kier molecular flexibility index (Phi) is 7.16. The molecule has 0 aromatic heterocycles. The highest BCUT2D eigenvalue weighted by atomic mass is 32.2. The SMILES string of the molecule is CCCNC(=O)CN(C)C(=O)c1cccc(S(=O)(=O)N2CCCCC2)c1. The molecule has 0 aliphatic carbocycles. The molecule has 2 amide bonds. The highest BCUT2D eigenvalue weighted by Crippen LogP contribution is 2.21. The zero-order chi connectivity index (χ0) is 19.2. The van der Waals surface area contributed by atoms with Crippen molar-refractivity contribution in [1.82, 2.24) is 14.5 Å². The minimum atomic E-state index is -3.60. The lowest BCUT2D eigenvalue weighted by molar-refractivity contribution is -0.121. The molecule has 8 heteroatoms. The molecule has 0 bridgehead atoms. The number of likely N-dealkylation sites (N-methyl/N-ethyl adjacent to an activating group) is 1. The van der Waals surface area contributed by atoms with E-state index in [0.717, 1.165) is 25.7 Å². The van der Waals surface area contributed by atoms with Crippen LogP contribution in [0.5, 0.6) is 0 Å². The van der Waals surface area contributed by atoms with Crippen molar-refractivity contribution in [2.45, 2.75) is 37.5 Å². The molecule has 1 saturated heterocycles. The summed E-state index contributed by atoms with van der Waals surface area (Å²) in [5.74, 6) is -0.618. The van der Waals surface area contributed by atoms with Crippen LogP contribution in [0.2, 0.25) is 0 Å². The minimum Gasteiger partial charge on any atom is -0.355 e. The molecule has 0 atom stereocenters. The normalized spacial score (nSPS) is 15.5. The van der Waals surface area contributed by atoms with Gasteiger partial charge in [-0.1, -0.05) is 19.4 Å². The maximum atomic E-state index is 12.8. The first kappa shape index (κ1) is 20.4. The van der Waals surface area contributed by atoms with Gasteiger partial charge in [0.2, 0.25) is 15.9 Å². The Hall–Kier alpha value is -1.93. The Balaban J connectivity index is 2.12. The first-order valence-corrected chi connectivity index (χ1v) is 10.4. The van der Waals surface area contributed by atoms with E-state index in [9.17, 15) is 18.0 Å². The molecule has 1 N–H and O–H groups in total. The summed E-state index contributed by atoms with van der Waals surface area (Å²) in [6, 6.07) is 6.04. The maximum absolute atomic E-state index is 12.8. The highest BCUT2D eigenvalue weighted by Gasteiger charge is 2.27. The van der Waals surface area contributed by atoms with E-state index in [1.165, 1.54) is 28.4 Å². The third-order valence-electron chi connectivity index (χ3n) is 4.33. The molecule has 0 unspecified atom stereocenters. The lowest BCUT2D eigenvalue weighted by atomic mass is 10.2. The van der Waals surface area contributed by atoms with Crippen LogP contribution >= 0.6 is 0 Å². The van der Waals surface area contributed by atoms with E-state index in [2.05, 4.69) is 5.32 Å². The summed E-state index contributed by atoms with van der Waals surface area (Å²) in [4.78, 5) is 25.7. The third-order valence-corrected chi connectivity index (χ3v) is 6.23. The molecule has 0 saturated carbocycles. The topological polar surface area (TPSA) is 86.8 Å². The summed E-state index contributed by atoms with van der Waals surface area (Å²) in [6.45, 7) is 3.46. The summed E-state index contributed by atoms with van der Waals surface area (Å²) < 4.78 is 27.0. The van der Waals surface area contributed by atoms with E-state index in [0.29, 0.717) is 19.6 Å². The maximum Gasteiger partial charge on any atom is 0.254 e. The average Bonchev–Trinajstić information content (AvgIpc) is 2.66. The number of carbonyl (C=O) groups excluding carboxylic acids is 2. The molecule has 1 aromatic rings. The number of carbonyl (C=O) groups is 2.